The summed E-state index contributed by atoms with van der Waals surface area (Å²) in [6.07, 6.45) is -0.491. The molecule has 1 heterocycles. The summed E-state index contributed by atoms with van der Waals surface area (Å²) < 4.78 is 50.9. The minimum Gasteiger partial charge on any atom is -0.469 e. The fourth-order valence-corrected chi connectivity index (χ4v) is 3.99. The molecule has 1 aromatic rings. The lowest BCUT2D eigenvalue weighted by atomic mass is 9.98. The standard InChI is InChI=1S/C15H20FNO6S/c1-22-15(19)8-10-6-7-12(13(9-18)23-10)17-24(20,21)14-5-3-2-4-11(14)16/h2-5,10,12-13,17-18H,6-9H2,1H3/t10-,12+,13+/m1/s1. The molecule has 0 radical (unpaired) electrons. The number of sulfonamides is 1. The molecule has 9 heteroatoms. The summed E-state index contributed by atoms with van der Waals surface area (Å²) in [7, 11) is -2.82. The molecule has 1 saturated heterocycles. The number of benzene rings is 1. The van der Waals surface area contributed by atoms with E-state index in [1.807, 2.05) is 0 Å². The minimum atomic E-state index is -4.09. The maximum atomic E-state index is 13.7. The molecule has 2 N–H and O–H groups in total. The van der Waals surface area contributed by atoms with Crippen LogP contribution in [0.25, 0.3) is 0 Å². The molecule has 1 aliphatic heterocycles. The molecule has 0 spiro atoms. The number of hydrogen-bond acceptors (Lipinski definition) is 6. The zero-order valence-corrected chi connectivity index (χ0v) is 14.0. The van der Waals surface area contributed by atoms with E-state index in [2.05, 4.69) is 9.46 Å². The van der Waals surface area contributed by atoms with E-state index in [1.165, 1.54) is 19.2 Å². The van der Waals surface area contributed by atoms with Crippen molar-refractivity contribution in [2.24, 2.45) is 0 Å². The lowest BCUT2D eigenvalue weighted by Crippen LogP contribution is -2.51. The quantitative estimate of drug-likeness (QED) is 0.719. The van der Waals surface area contributed by atoms with Crippen molar-refractivity contribution in [1.29, 1.82) is 0 Å². The summed E-state index contributed by atoms with van der Waals surface area (Å²) in [5, 5.41) is 9.44. The summed E-state index contributed by atoms with van der Waals surface area (Å²) in [4.78, 5) is 10.8. The van der Waals surface area contributed by atoms with Crippen LogP contribution >= 0.6 is 0 Å². The van der Waals surface area contributed by atoms with E-state index in [1.54, 1.807) is 0 Å². The zero-order valence-electron chi connectivity index (χ0n) is 13.1. The molecule has 0 bridgehead atoms. The molecule has 1 aliphatic rings. The smallest absolute Gasteiger partial charge is 0.308 e. The first-order valence-corrected chi connectivity index (χ1v) is 8.95. The molecule has 24 heavy (non-hydrogen) atoms. The molecule has 0 amide bonds. The van der Waals surface area contributed by atoms with Gasteiger partial charge >= 0.3 is 5.97 Å². The van der Waals surface area contributed by atoms with Gasteiger partial charge in [0.25, 0.3) is 0 Å². The van der Waals surface area contributed by atoms with Crippen molar-refractivity contribution in [2.45, 2.75) is 42.4 Å². The lowest BCUT2D eigenvalue weighted by molar-refractivity contribution is -0.149. The molecule has 1 fully saturated rings. The predicted octanol–water partition coefficient (Wildman–Crippen LogP) is 0.576. The zero-order chi connectivity index (χ0) is 17.7. The molecule has 0 saturated carbocycles. The van der Waals surface area contributed by atoms with E-state index in [-0.39, 0.29) is 6.42 Å². The number of carbonyl (C=O) groups excluding carboxylic acids is 1. The second-order valence-corrected chi connectivity index (χ2v) is 7.18. The second kappa shape index (κ2) is 8.02. The molecule has 0 aromatic heterocycles. The maximum Gasteiger partial charge on any atom is 0.308 e. The second-order valence-electron chi connectivity index (χ2n) is 5.49. The molecule has 7 nitrogen and oxygen atoms in total. The van der Waals surface area contributed by atoms with Crippen molar-refractivity contribution in [1.82, 2.24) is 4.72 Å². The Morgan fingerprint density at radius 2 is 2.12 bits per heavy atom. The summed E-state index contributed by atoms with van der Waals surface area (Å²) in [6.45, 7) is -0.428. The largest absolute Gasteiger partial charge is 0.469 e. The van der Waals surface area contributed by atoms with Crippen molar-refractivity contribution in [3.8, 4) is 0 Å². The van der Waals surface area contributed by atoms with Crippen LogP contribution in [0.1, 0.15) is 19.3 Å². The summed E-state index contributed by atoms with van der Waals surface area (Å²) in [6, 6.07) is 4.32. The van der Waals surface area contributed by atoms with E-state index in [0.29, 0.717) is 12.8 Å². The Hall–Kier alpha value is -1.55. The van der Waals surface area contributed by atoms with Crippen LogP contribution in [-0.4, -0.2) is 51.5 Å². The number of ether oxygens (including phenoxy) is 2. The lowest BCUT2D eigenvalue weighted by Gasteiger charge is -2.35. The highest BCUT2D eigenvalue weighted by Gasteiger charge is 2.35. The van der Waals surface area contributed by atoms with Crippen LogP contribution < -0.4 is 4.72 Å². The summed E-state index contributed by atoms with van der Waals surface area (Å²) in [5.74, 6) is -1.30. The Bertz CT molecular complexity index is 680. The topological polar surface area (TPSA) is 102 Å². The Morgan fingerprint density at radius 1 is 1.42 bits per heavy atom. The van der Waals surface area contributed by atoms with Gasteiger partial charge in [-0.05, 0) is 25.0 Å². The average Bonchev–Trinajstić information content (AvgIpc) is 2.56. The first-order chi connectivity index (χ1) is 11.4. The van der Waals surface area contributed by atoms with Crippen LogP contribution in [0.15, 0.2) is 29.2 Å². The first kappa shape index (κ1) is 18.8. The highest BCUT2D eigenvalue weighted by atomic mass is 32.2. The number of aliphatic hydroxyl groups is 1. The van der Waals surface area contributed by atoms with E-state index < -0.39 is 51.6 Å². The number of hydrogen-bond donors (Lipinski definition) is 2. The Labute approximate surface area is 139 Å². The third-order valence-electron chi connectivity index (χ3n) is 3.85. The van der Waals surface area contributed by atoms with Crippen molar-refractivity contribution in [3.63, 3.8) is 0 Å². The number of halogens is 1. The predicted molar refractivity (Wildman–Crippen MR) is 82.1 cm³/mol. The first-order valence-electron chi connectivity index (χ1n) is 7.47. The summed E-state index contributed by atoms with van der Waals surface area (Å²) in [5.41, 5.74) is 0. The summed E-state index contributed by atoms with van der Waals surface area (Å²) >= 11 is 0. The molecule has 0 aliphatic carbocycles. The minimum absolute atomic E-state index is 0.0276. The normalized spacial score (nSPS) is 24.5. The van der Waals surface area contributed by atoms with Crippen molar-refractivity contribution < 1.29 is 32.2 Å². The van der Waals surface area contributed by atoms with Crippen LogP contribution in [-0.2, 0) is 24.3 Å². The Morgan fingerprint density at radius 3 is 2.75 bits per heavy atom. The van der Waals surface area contributed by atoms with E-state index in [0.717, 1.165) is 12.1 Å². The third kappa shape index (κ3) is 4.50. The van der Waals surface area contributed by atoms with Gasteiger partial charge in [0.15, 0.2) is 0 Å². The third-order valence-corrected chi connectivity index (χ3v) is 5.37. The van der Waals surface area contributed by atoms with Gasteiger partial charge in [-0.1, -0.05) is 12.1 Å². The van der Waals surface area contributed by atoms with Crippen LogP contribution in [0.3, 0.4) is 0 Å². The van der Waals surface area contributed by atoms with Gasteiger partial charge in [0.2, 0.25) is 10.0 Å². The average molecular weight is 361 g/mol. The number of rotatable bonds is 6. The van der Waals surface area contributed by atoms with Crippen LogP contribution in [0.2, 0.25) is 0 Å². The van der Waals surface area contributed by atoms with Gasteiger partial charge in [-0.15, -0.1) is 0 Å². The number of carbonyl (C=O) groups is 1. The number of aliphatic hydroxyl groups excluding tert-OH is 1. The van der Waals surface area contributed by atoms with E-state index >= 15 is 0 Å². The highest BCUT2D eigenvalue weighted by molar-refractivity contribution is 7.89. The van der Waals surface area contributed by atoms with Crippen molar-refractivity contribution >= 4 is 16.0 Å². The Kier molecular flexibility index (Phi) is 6.27. The molecule has 0 unspecified atom stereocenters. The maximum absolute atomic E-state index is 13.7. The number of esters is 1. The Balaban J connectivity index is 2.07. The highest BCUT2D eigenvalue weighted by Crippen LogP contribution is 2.24. The number of nitrogens with one attached hydrogen (secondary N) is 1. The SMILES string of the molecule is COC(=O)C[C@H]1CC[C@H](NS(=O)(=O)c2ccccc2F)[C@H](CO)O1. The van der Waals surface area contributed by atoms with Crippen molar-refractivity contribution in [2.75, 3.05) is 13.7 Å². The molecule has 134 valence electrons. The van der Waals surface area contributed by atoms with Gasteiger partial charge in [0.05, 0.1) is 38.4 Å². The number of methoxy groups -OCH3 is 1. The fraction of sp³-hybridized carbons (Fsp3) is 0.533. The van der Waals surface area contributed by atoms with Crippen LogP contribution in [0, 0.1) is 5.82 Å². The van der Waals surface area contributed by atoms with E-state index in [9.17, 15) is 22.7 Å². The molecule has 1 aromatic carbocycles. The van der Waals surface area contributed by atoms with E-state index in [4.69, 9.17) is 4.74 Å². The fourth-order valence-electron chi connectivity index (χ4n) is 2.61. The van der Waals surface area contributed by atoms with Crippen molar-refractivity contribution in [3.05, 3.63) is 30.1 Å². The molecular weight excluding hydrogens is 341 g/mol. The molecular formula is C15H20FNO6S. The van der Waals surface area contributed by atoms with Gasteiger partial charge in [0.1, 0.15) is 10.7 Å². The van der Waals surface area contributed by atoms with Gasteiger partial charge in [-0.2, -0.15) is 0 Å². The van der Waals surface area contributed by atoms with Gasteiger partial charge in [-0.3, -0.25) is 4.79 Å². The monoisotopic (exact) mass is 361 g/mol. The molecule has 3 atom stereocenters. The van der Waals surface area contributed by atoms with Crippen LogP contribution in [0.4, 0.5) is 4.39 Å². The molecule has 2 rings (SSSR count). The van der Waals surface area contributed by atoms with Gasteiger partial charge in [0, 0.05) is 0 Å². The van der Waals surface area contributed by atoms with Gasteiger partial charge < -0.3 is 14.6 Å². The van der Waals surface area contributed by atoms with Crippen LogP contribution in [0.5, 0.6) is 0 Å². The van der Waals surface area contributed by atoms with Gasteiger partial charge in [-0.25, -0.2) is 17.5 Å².